The van der Waals surface area contributed by atoms with Crippen molar-refractivity contribution in [3.05, 3.63) is 11.8 Å². The van der Waals surface area contributed by atoms with Crippen LogP contribution in [0.5, 0.6) is 0 Å². The maximum Gasteiger partial charge on any atom is 0.433 e. The summed E-state index contributed by atoms with van der Waals surface area (Å²) in [6.07, 6.45) is -3.50. The first-order valence-corrected chi connectivity index (χ1v) is 7.02. The summed E-state index contributed by atoms with van der Waals surface area (Å²) < 4.78 is 38.4. The molecule has 1 saturated heterocycles. The van der Waals surface area contributed by atoms with Gasteiger partial charge in [-0.1, -0.05) is 0 Å². The average molecular weight is 292 g/mol. The number of rotatable bonds is 3. The number of alkyl halides is 3. The molecular formula is C11H15F3N4S. The van der Waals surface area contributed by atoms with E-state index in [9.17, 15) is 13.2 Å². The van der Waals surface area contributed by atoms with Crippen molar-refractivity contribution in [1.82, 2.24) is 9.97 Å². The third-order valence-electron chi connectivity index (χ3n) is 3.04. The lowest BCUT2D eigenvalue weighted by Crippen LogP contribution is -2.32. The average Bonchev–Trinajstić information content (AvgIpc) is 2.90. The Hall–Kier alpha value is -1.18. The monoisotopic (exact) mass is 292 g/mol. The lowest BCUT2D eigenvalue weighted by atomic mass is 10.2. The molecule has 1 atom stereocenters. The number of nitrogens with zero attached hydrogens (tertiary/aromatic N) is 3. The molecule has 2 heterocycles. The maximum absolute atomic E-state index is 12.8. The second-order valence-electron chi connectivity index (χ2n) is 4.31. The van der Waals surface area contributed by atoms with Crippen molar-refractivity contribution < 1.29 is 13.2 Å². The number of nitrogens with one attached hydrogen (secondary N) is 1. The van der Waals surface area contributed by atoms with Gasteiger partial charge in [0.05, 0.1) is 0 Å². The molecule has 8 heteroatoms. The van der Waals surface area contributed by atoms with Crippen LogP contribution in [0.1, 0.15) is 12.1 Å². The van der Waals surface area contributed by atoms with Gasteiger partial charge in [0.1, 0.15) is 5.82 Å². The van der Waals surface area contributed by atoms with Crippen molar-refractivity contribution in [2.45, 2.75) is 18.6 Å². The van der Waals surface area contributed by atoms with Crippen LogP contribution in [0, 0.1) is 0 Å². The minimum atomic E-state index is -4.46. The van der Waals surface area contributed by atoms with Crippen LogP contribution in [0.4, 0.5) is 24.9 Å². The standard InChI is InChI=1S/C11H15F3N4S/c1-15-10-16-8(11(12,13)14)5-9(17-10)18(2)7-3-4-19-6-7/h5,7H,3-4,6H2,1-2H3,(H,15,16,17). The molecule has 0 radical (unpaired) electrons. The van der Waals surface area contributed by atoms with Gasteiger partial charge < -0.3 is 10.2 Å². The van der Waals surface area contributed by atoms with Crippen molar-refractivity contribution in [3.63, 3.8) is 0 Å². The molecule has 0 aliphatic carbocycles. The predicted molar refractivity (Wildman–Crippen MR) is 70.7 cm³/mol. The minimum absolute atomic E-state index is 0.0117. The molecule has 19 heavy (non-hydrogen) atoms. The largest absolute Gasteiger partial charge is 0.433 e. The molecular weight excluding hydrogens is 277 g/mol. The van der Waals surface area contributed by atoms with Gasteiger partial charge in [-0.2, -0.15) is 29.9 Å². The Morgan fingerprint density at radius 1 is 1.42 bits per heavy atom. The van der Waals surface area contributed by atoms with Crippen LogP contribution >= 0.6 is 11.8 Å². The molecule has 0 spiro atoms. The first-order valence-electron chi connectivity index (χ1n) is 5.86. The molecule has 1 aliphatic rings. The van der Waals surface area contributed by atoms with Crippen molar-refractivity contribution in [2.24, 2.45) is 0 Å². The lowest BCUT2D eigenvalue weighted by molar-refractivity contribution is -0.141. The lowest BCUT2D eigenvalue weighted by Gasteiger charge is -2.25. The van der Waals surface area contributed by atoms with Crippen LogP contribution in [0.15, 0.2) is 6.07 Å². The first kappa shape index (κ1) is 14.2. The minimum Gasteiger partial charge on any atom is -0.357 e. The highest BCUT2D eigenvalue weighted by atomic mass is 32.2. The summed E-state index contributed by atoms with van der Waals surface area (Å²) in [4.78, 5) is 9.36. The van der Waals surface area contributed by atoms with E-state index in [1.165, 1.54) is 7.05 Å². The Kier molecular flexibility index (Phi) is 4.07. The number of anilines is 2. The van der Waals surface area contributed by atoms with Gasteiger partial charge in [-0.3, -0.25) is 0 Å². The molecule has 0 bridgehead atoms. The van der Waals surface area contributed by atoms with E-state index in [4.69, 9.17) is 0 Å². The van der Waals surface area contributed by atoms with Gasteiger partial charge in [-0.05, 0) is 12.2 Å². The summed E-state index contributed by atoms with van der Waals surface area (Å²) >= 11 is 1.80. The van der Waals surface area contributed by atoms with Gasteiger partial charge in [-0.25, -0.2) is 4.98 Å². The van der Waals surface area contributed by atoms with Crippen molar-refractivity contribution in [2.75, 3.05) is 35.8 Å². The van der Waals surface area contributed by atoms with Crippen LogP contribution in [0.25, 0.3) is 0 Å². The van der Waals surface area contributed by atoms with E-state index in [1.807, 2.05) is 0 Å². The van der Waals surface area contributed by atoms with Crippen LogP contribution in [-0.2, 0) is 6.18 Å². The van der Waals surface area contributed by atoms with Crippen molar-refractivity contribution >= 4 is 23.5 Å². The van der Waals surface area contributed by atoms with E-state index in [1.54, 1.807) is 23.7 Å². The molecule has 1 N–H and O–H groups in total. The van der Waals surface area contributed by atoms with Crippen LogP contribution in [0.2, 0.25) is 0 Å². The van der Waals surface area contributed by atoms with Crippen molar-refractivity contribution in [3.8, 4) is 0 Å². The van der Waals surface area contributed by atoms with E-state index in [2.05, 4.69) is 15.3 Å². The van der Waals surface area contributed by atoms with Crippen LogP contribution in [-0.4, -0.2) is 41.6 Å². The molecule has 1 fully saturated rings. The van der Waals surface area contributed by atoms with Crippen LogP contribution < -0.4 is 10.2 Å². The van der Waals surface area contributed by atoms with E-state index in [-0.39, 0.29) is 12.0 Å². The molecule has 0 saturated carbocycles. The summed E-state index contributed by atoms with van der Waals surface area (Å²) in [5, 5.41) is 2.57. The predicted octanol–water partition coefficient (Wildman–Crippen LogP) is 2.48. The molecule has 4 nitrogen and oxygen atoms in total. The Morgan fingerprint density at radius 2 is 2.16 bits per heavy atom. The third-order valence-corrected chi connectivity index (χ3v) is 4.19. The van der Waals surface area contributed by atoms with Gasteiger partial charge in [0, 0.05) is 32.0 Å². The molecule has 1 aliphatic heterocycles. The number of hydrogen-bond donors (Lipinski definition) is 1. The van der Waals surface area contributed by atoms with E-state index < -0.39 is 11.9 Å². The fraction of sp³-hybridized carbons (Fsp3) is 0.636. The highest BCUT2D eigenvalue weighted by Gasteiger charge is 2.34. The SMILES string of the molecule is CNc1nc(N(C)C2CCSC2)cc(C(F)(F)F)n1. The summed E-state index contributed by atoms with van der Waals surface area (Å²) in [5.74, 6) is 2.24. The summed E-state index contributed by atoms with van der Waals surface area (Å²) in [6.45, 7) is 0. The van der Waals surface area contributed by atoms with Crippen molar-refractivity contribution in [1.29, 1.82) is 0 Å². The van der Waals surface area contributed by atoms with Gasteiger partial charge in [0.25, 0.3) is 0 Å². The zero-order valence-corrected chi connectivity index (χ0v) is 11.5. The Labute approximate surface area is 113 Å². The highest BCUT2D eigenvalue weighted by Crippen LogP contribution is 2.32. The number of aromatic nitrogens is 2. The Balaban J connectivity index is 2.33. The van der Waals surface area contributed by atoms with E-state index in [0.29, 0.717) is 5.82 Å². The third kappa shape index (κ3) is 3.23. The van der Waals surface area contributed by atoms with E-state index in [0.717, 1.165) is 24.0 Å². The fourth-order valence-corrected chi connectivity index (χ4v) is 3.15. The summed E-state index contributed by atoms with van der Waals surface area (Å²) in [5.41, 5.74) is -0.917. The molecule has 0 aromatic carbocycles. The van der Waals surface area contributed by atoms with E-state index >= 15 is 0 Å². The molecule has 1 unspecified atom stereocenters. The summed E-state index contributed by atoms with van der Waals surface area (Å²) in [6, 6.07) is 1.23. The molecule has 0 amide bonds. The molecule has 2 rings (SSSR count). The first-order chi connectivity index (χ1) is 8.91. The van der Waals surface area contributed by atoms with Gasteiger partial charge in [0.2, 0.25) is 5.95 Å². The molecule has 1 aromatic rings. The number of halogens is 3. The second-order valence-corrected chi connectivity index (χ2v) is 5.46. The normalized spacial score (nSPS) is 19.5. The van der Waals surface area contributed by atoms with Gasteiger partial charge in [0.15, 0.2) is 5.69 Å². The smallest absolute Gasteiger partial charge is 0.357 e. The molecule has 1 aromatic heterocycles. The Morgan fingerprint density at radius 3 is 2.68 bits per heavy atom. The maximum atomic E-state index is 12.8. The number of thioether (sulfide) groups is 1. The summed E-state index contributed by atoms with van der Waals surface area (Å²) in [7, 11) is 3.28. The highest BCUT2D eigenvalue weighted by molar-refractivity contribution is 7.99. The zero-order valence-electron chi connectivity index (χ0n) is 10.7. The zero-order chi connectivity index (χ0) is 14.0. The number of hydrogen-bond acceptors (Lipinski definition) is 5. The van der Waals surface area contributed by atoms with Gasteiger partial charge >= 0.3 is 6.18 Å². The Bertz CT molecular complexity index is 446. The van der Waals surface area contributed by atoms with Gasteiger partial charge in [-0.15, -0.1) is 0 Å². The fourth-order valence-electron chi connectivity index (χ4n) is 1.89. The van der Waals surface area contributed by atoms with Crippen LogP contribution in [0.3, 0.4) is 0 Å². The second kappa shape index (κ2) is 5.44. The quantitative estimate of drug-likeness (QED) is 0.927. The molecule has 106 valence electrons. The topological polar surface area (TPSA) is 41.1 Å².